The molecule has 11 heavy (non-hydrogen) atoms. The summed E-state index contributed by atoms with van der Waals surface area (Å²) in [5, 5.41) is 6.60. The van der Waals surface area contributed by atoms with Crippen molar-refractivity contribution in [2.45, 2.75) is 0 Å². The van der Waals surface area contributed by atoms with E-state index in [1.54, 1.807) is 0 Å². The Morgan fingerprint density at radius 1 is 1.64 bits per heavy atom. The molecule has 56 valence electrons. The molecule has 6 nitrogen and oxygen atoms in total. The van der Waals surface area contributed by atoms with E-state index in [1.807, 2.05) is 0 Å². The lowest BCUT2D eigenvalue weighted by molar-refractivity contribution is 0.910. The van der Waals surface area contributed by atoms with Crippen molar-refractivity contribution in [2.75, 3.05) is 5.84 Å². The van der Waals surface area contributed by atoms with Crippen molar-refractivity contribution >= 4 is 11.0 Å². The molecule has 6 heteroatoms. The van der Waals surface area contributed by atoms with Gasteiger partial charge in [0.25, 0.3) is 5.56 Å². The van der Waals surface area contributed by atoms with Gasteiger partial charge in [0.1, 0.15) is 11.7 Å². The minimum atomic E-state index is -0.302. The second kappa shape index (κ2) is 1.82. The van der Waals surface area contributed by atoms with Crippen LogP contribution >= 0.6 is 0 Å². The summed E-state index contributed by atoms with van der Waals surface area (Å²) in [6.45, 7) is 0. The highest BCUT2D eigenvalue weighted by Gasteiger charge is 2.01. The predicted octanol–water partition coefficient (Wildman–Crippen LogP) is -1.17. The van der Waals surface area contributed by atoms with E-state index in [9.17, 15) is 4.79 Å². The van der Waals surface area contributed by atoms with Gasteiger partial charge in [-0.15, -0.1) is 0 Å². The summed E-state index contributed by atoms with van der Waals surface area (Å²) < 4.78 is 0.915. The molecular weight excluding hydrogens is 146 g/mol. The zero-order valence-corrected chi connectivity index (χ0v) is 5.48. The van der Waals surface area contributed by atoms with Crippen molar-refractivity contribution < 1.29 is 0 Å². The summed E-state index contributed by atoms with van der Waals surface area (Å²) in [5.41, 5.74) is 0.153. The maximum atomic E-state index is 11.1. The van der Waals surface area contributed by atoms with E-state index in [0.717, 1.165) is 4.68 Å². The Hall–Kier alpha value is -1.85. The summed E-state index contributed by atoms with van der Waals surface area (Å²) in [5.74, 6) is 5.25. The SMILES string of the molecule is Nn1cnc2[nH]ncc2c1=O. The van der Waals surface area contributed by atoms with Gasteiger partial charge in [0, 0.05) is 0 Å². The maximum Gasteiger partial charge on any atom is 0.282 e. The molecule has 0 bridgehead atoms. The number of hydrogen-bond acceptors (Lipinski definition) is 4. The first kappa shape index (κ1) is 5.90. The number of fused-ring (bicyclic) bond motifs is 1. The second-order valence-electron chi connectivity index (χ2n) is 2.09. The van der Waals surface area contributed by atoms with Crippen molar-refractivity contribution in [3.63, 3.8) is 0 Å². The Morgan fingerprint density at radius 3 is 3.27 bits per heavy atom. The van der Waals surface area contributed by atoms with Gasteiger partial charge in [-0.1, -0.05) is 0 Å². The molecule has 0 aliphatic carbocycles. The standard InChI is InChI=1S/C5H5N5O/c6-10-2-7-4-3(5(10)11)1-8-9-4/h1-2H,6H2,(H,8,9). The van der Waals surface area contributed by atoms with Crippen LogP contribution in [0.3, 0.4) is 0 Å². The van der Waals surface area contributed by atoms with Gasteiger partial charge in [0.15, 0.2) is 5.65 Å². The number of nitrogens with zero attached hydrogens (tertiary/aromatic N) is 3. The highest BCUT2D eigenvalue weighted by Crippen LogP contribution is 1.96. The van der Waals surface area contributed by atoms with E-state index in [4.69, 9.17) is 5.84 Å². The number of rotatable bonds is 0. The van der Waals surface area contributed by atoms with Gasteiger partial charge < -0.3 is 5.84 Å². The van der Waals surface area contributed by atoms with Gasteiger partial charge in [0.05, 0.1) is 6.20 Å². The Balaban J connectivity index is 3.05. The van der Waals surface area contributed by atoms with E-state index in [2.05, 4.69) is 15.2 Å². The van der Waals surface area contributed by atoms with Crippen LogP contribution in [0.15, 0.2) is 17.3 Å². The van der Waals surface area contributed by atoms with E-state index in [0.29, 0.717) is 11.0 Å². The van der Waals surface area contributed by atoms with Gasteiger partial charge in [-0.25, -0.2) is 9.66 Å². The quantitative estimate of drug-likeness (QED) is 0.464. The number of aromatic nitrogens is 4. The number of nitrogens with two attached hydrogens (primary N) is 1. The molecule has 2 rings (SSSR count). The zero-order chi connectivity index (χ0) is 7.84. The third kappa shape index (κ3) is 0.689. The van der Waals surface area contributed by atoms with Crippen LogP contribution < -0.4 is 11.4 Å². The van der Waals surface area contributed by atoms with Gasteiger partial charge in [-0.3, -0.25) is 9.89 Å². The summed E-state index contributed by atoms with van der Waals surface area (Å²) in [6.07, 6.45) is 2.64. The van der Waals surface area contributed by atoms with Crippen molar-refractivity contribution in [2.24, 2.45) is 0 Å². The summed E-state index contributed by atoms with van der Waals surface area (Å²) >= 11 is 0. The predicted molar refractivity (Wildman–Crippen MR) is 38.3 cm³/mol. The van der Waals surface area contributed by atoms with Crippen molar-refractivity contribution in [3.05, 3.63) is 22.9 Å². The van der Waals surface area contributed by atoms with E-state index in [-0.39, 0.29) is 5.56 Å². The molecular formula is C5H5N5O. The summed E-state index contributed by atoms with van der Waals surface area (Å²) in [7, 11) is 0. The Morgan fingerprint density at radius 2 is 2.45 bits per heavy atom. The molecule has 2 aromatic heterocycles. The molecule has 0 spiro atoms. The molecule has 0 aromatic carbocycles. The summed E-state index contributed by atoms with van der Waals surface area (Å²) in [6, 6.07) is 0. The Kier molecular flexibility index (Phi) is 0.974. The molecule has 0 fully saturated rings. The monoisotopic (exact) mass is 151 g/mol. The van der Waals surface area contributed by atoms with Gasteiger partial charge in [-0.05, 0) is 0 Å². The molecule has 0 radical (unpaired) electrons. The Bertz CT molecular complexity index is 441. The zero-order valence-electron chi connectivity index (χ0n) is 5.48. The fourth-order valence-electron chi connectivity index (χ4n) is 0.846. The number of nitrogens with one attached hydrogen (secondary N) is 1. The van der Waals surface area contributed by atoms with Gasteiger partial charge >= 0.3 is 0 Å². The highest BCUT2D eigenvalue weighted by atomic mass is 16.1. The summed E-state index contributed by atoms with van der Waals surface area (Å²) in [4.78, 5) is 14.9. The maximum absolute atomic E-state index is 11.1. The molecule has 0 unspecified atom stereocenters. The van der Waals surface area contributed by atoms with E-state index >= 15 is 0 Å². The molecule has 3 N–H and O–H groups in total. The second-order valence-corrected chi connectivity index (χ2v) is 2.09. The fourth-order valence-corrected chi connectivity index (χ4v) is 0.846. The van der Waals surface area contributed by atoms with Crippen molar-refractivity contribution in [3.8, 4) is 0 Å². The van der Waals surface area contributed by atoms with Crippen LogP contribution in [0.4, 0.5) is 0 Å². The van der Waals surface area contributed by atoms with Gasteiger partial charge in [-0.2, -0.15) is 5.10 Å². The molecule has 0 aliphatic rings. The number of H-pyrrole nitrogens is 1. The van der Waals surface area contributed by atoms with Crippen molar-refractivity contribution in [1.29, 1.82) is 0 Å². The molecule has 0 saturated heterocycles. The number of aromatic amines is 1. The number of hydrogen-bond donors (Lipinski definition) is 2. The molecule has 0 amide bonds. The largest absolute Gasteiger partial charge is 0.335 e. The molecule has 0 aliphatic heterocycles. The highest BCUT2D eigenvalue weighted by molar-refractivity contribution is 5.71. The van der Waals surface area contributed by atoms with Crippen LogP contribution in [-0.4, -0.2) is 19.9 Å². The van der Waals surface area contributed by atoms with Crippen LogP contribution in [0, 0.1) is 0 Å². The first-order chi connectivity index (χ1) is 5.29. The van der Waals surface area contributed by atoms with Crippen LogP contribution in [0.5, 0.6) is 0 Å². The Labute approximate surface area is 60.6 Å². The smallest absolute Gasteiger partial charge is 0.282 e. The van der Waals surface area contributed by atoms with Crippen LogP contribution in [-0.2, 0) is 0 Å². The van der Waals surface area contributed by atoms with Crippen LogP contribution in [0.1, 0.15) is 0 Å². The van der Waals surface area contributed by atoms with Crippen molar-refractivity contribution in [1.82, 2.24) is 19.9 Å². The molecule has 0 saturated carbocycles. The minimum Gasteiger partial charge on any atom is -0.335 e. The first-order valence-corrected chi connectivity index (χ1v) is 2.95. The lowest BCUT2D eigenvalue weighted by atomic mass is 10.4. The van der Waals surface area contributed by atoms with E-state index < -0.39 is 0 Å². The van der Waals surface area contributed by atoms with Gasteiger partial charge in [0.2, 0.25) is 0 Å². The number of nitrogen functional groups attached to an aromatic ring is 1. The minimum absolute atomic E-state index is 0.302. The van der Waals surface area contributed by atoms with Crippen LogP contribution in [0.25, 0.3) is 11.0 Å². The third-order valence-electron chi connectivity index (χ3n) is 1.40. The lowest BCUT2D eigenvalue weighted by Crippen LogP contribution is -2.26. The first-order valence-electron chi connectivity index (χ1n) is 2.95. The third-order valence-corrected chi connectivity index (χ3v) is 1.40. The van der Waals surface area contributed by atoms with Crippen LogP contribution in [0.2, 0.25) is 0 Å². The van der Waals surface area contributed by atoms with E-state index in [1.165, 1.54) is 12.5 Å². The molecule has 2 heterocycles. The topological polar surface area (TPSA) is 89.6 Å². The average Bonchev–Trinajstić information content (AvgIpc) is 2.45. The molecule has 0 atom stereocenters. The average molecular weight is 151 g/mol. The fraction of sp³-hybridized carbons (Fsp3) is 0. The molecule has 2 aromatic rings. The lowest BCUT2D eigenvalue weighted by Gasteiger charge is -1.92. The normalized spacial score (nSPS) is 10.5.